The second-order valence-corrected chi connectivity index (χ2v) is 7.05. The molecule has 0 aliphatic rings. The van der Waals surface area contributed by atoms with E-state index >= 15 is 0 Å². The minimum atomic E-state index is -0.0714. The van der Waals surface area contributed by atoms with Crippen molar-refractivity contribution >= 4 is 29.2 Å². The van der Waals surface area contributed by atoms with Crippen LogP contribution in [0.5, 0.6) is 0 Å². The van der Waals surface area contributed by atoms with E-state index in [2.05, 4.69) is 39.0 Å². The third kappa shape index (κ3) is 6.56. The van der Waals surface area contributed by atoms with Gasteiger partial charge in [-0.15, -0.1) is 0 Å². The van der Waals surface area contributed by atoms with Crippen molar-refractivity contribution in [1.29, 1.82) is 0 Å². The van der Waals surface area contributed by atoms with Crippen LogP contribution < -0.4 is 16.0 Å². The number of hydrogen-bond acceptors (Lipinski definition) is 3. The number of rotatable bonds is 8. The van der Waals surface area contributed by atoms with Crippen LogP contribution in [-0.4, -0.2) is 41.8 Å². The number of nitrogens with zero attached hydrogens (tertiary/aromatic N) is 3. The molecule has 2 aromatic rings. The average molecular weight is 405 g/mol. The van der Waals surface area contributed by atoms with E-state index in [0.717, 1.165) is 36.5 Å². The summed E-state index contributed by atoms with van der Waals surface area (Å²) in [5.74, 6) is 0.609. The highest BCUT2D eigenvalue weighted by molar-refractivity contribution is 6.31. The highest BCUT2D eigenvalue weighted by atomic mass is 35.5. The molecule has 0 spiro atoms. The normalized spacial score (nSPS) is 11.4. The predicted molar refractivity (Wildman–Crippen MR) is 115 cm³/mol. The number of anilines is 1. The van der Waals surface area contributed by atoms with E-state index in [1.807, 2.05) is 30.7 Å². The molecule has 152 valence electrons. The molecule has 1 aromatic carbocycles. The van der Waals surface area contributed by atoms with E-state index in [1.165, 1.54) is 5.69 Å². The van der Waals surface area contributed by atoms with E-state index in [0.29, 0.717) is 23.9 Å². The summed E-state index contributed by atoms with van der Waals surface area (Å²) in [7, 11) is 1.71. The second kappa shape index (κ2) is 10.7. The summed E-state index contributed by atoms with van der Waals surface area (Å²) in [5, 5.41) is 14.4. The lowest BCUT2D eigenvalue weighted by Gasteiger charge is -2.13. The molecule has 0 fully saturated rings. The maximum Gasteiger partial charge on any atom is 0.226 e. The summed E-state index contributed by atoms with van der Waals surface area (Å²) in [6.07, 6.45) is 1.26. The summed E-state index contributed by atoms with van der Waals surface area (Å²) < 4.78 is 2.01. The third-order valence-electron chi connectivity index (χ3n) is 4.35. The van der Waals surface area contributed by atoms with Gasteiger partial charge in [0.25, 0.3) is 0 Å². The molecule has 1 amide bonds. The lowest BCUT2D eigenvalue weighted by molar-refractivity contribution is -0.116. The van der Waals surface area contributed by atoms with Crippen molar-refractivity contribution in [3.8, 4) is 0 Å². The molecule has 7 nitrogen and oxygen atoms in total. The van der Waals surface area contributed by atoms with Crippen molar-refractivity contribution in [3.63, 3.8) is 0 Å². The van der Waals surface area contributed by atoms with Gasteiger partial charge in [-0.05, 0) is 51.0 Å². The van der Waals surface area contributed by atoms with Crippen LogP contribution in [0.1, 0.15) is 29.8 Å². The SMILES string of the molecule is CN=C(NCCCn1nc(C)cc1C)NCCC(=O)Nc1cccc(Cl)c1C. The summed E-state index contributed by atoms with van der Waals surface area (Å²) in [6, 6.07) is 7.54. The molecule has 2 rings (SSSR count). The molecule has 3 N–H and O–H groups in total. The van der Waals surface area contributed by atoms with Crippen molar-refractivity contribution in [3.05, 3.63) is 46.2 Å². The van der Waals surface area contributed by atoms with Gasteiger partial charge in [0.05, 0.1) is 5.69 Å². The number of aromatic nitrogens is 2. The van der Waals surface area contributed by atoms with Crippen LogP contribution in [0, 0.1) is 20.8 Å². The highest BCUT2D eigenvalue weighted by Crippen LogP contribution is 2.22. The number of aryl methyl sites for hydroxylation is 3. The van der Waals surface area contributed by atoms with Gasteiger partial charge in [0.2, 0.25) is 5.91 Å². The van der Waals surface area contributed by atoms with Gasteiger partial charge in [-0.3, -0.25) is 14.5 Å². The zero-order valence-corrected chi connectivity index (χ0v) is 17.7. The topological polar surface area (TPSA) is 83.3 Å². The van der Waals surface area contributed by atoms with Gasteiger partial charge in [0.1, 0.15) is 0 Å². The maximum absolute atomic E-state index is 12.1. The van der Waals surface area contributed by atoms with Crippen LogP contribution in [0.25, 0.3) is 0 Å². The van der Waals surface area contributed by atoms with Gasteiger partial charge in [-0.25, -0.2) is 0 Å². The smallest absolute Gasteiger partial charge is 0.226 e. The quantitative estimate of drug-likeness (QED) is 0.358. The van der Waals surface area contributed by atoms with Gasteiger partial charge in [-0.1, -0.05) is 17.7 Å². The van der Waals surface area contributed by atoms with Crippen LogP contribution in [0.2, 0.25) is 5.02 Å². The lowest BCUT2D eigenvalue weighted by atomic mass is 10.2. The lowest BCUT2D eigenvalue weighted by Crippen LogP contribution is -2.39. The van der Waals surface area contributed by atoms with Crippen LogP contribution in [0.15, 0.2) is 29.3 Å². The van der Waals surface area contributed by atoms with Crippen molar-refractivity contribution in [2.75, 3.05) is 25.5 Å². The van der Waals surface area contributed by atoms with Gasteiger partial charge < -0.3 is 16.0 Å². The van der Waals surface area contributed by atoms with Crippen LogP contribution >= 0.6 is 11.6 Å². The molecule has 0 saturated heterocycles. The Hall–Kier alpha value is -2.54. The number of carbonyl (C=O) groups excluding carboxylic acids is 1. The van der Waals surface area contributed by atoms with Crippen molar-refractivity contribution in [1.82, 2.24) is 20.4 Å². The Morgan fingerprint density at radius 3 is 2.64 bits per heavy atom. The second-order valence-electron chi connectivity index (χ2n) is 6.64. The molecular weight excluding hydrogens is 376 g/mol. The highest BCUT2D eigenvalue weighted by Gasteiger charge is 2.07. The van der Waals surface area contributed by atoms with Crippen LogP contribution in [0.3, 0.4) is 0 Å². The standard InChI is InChI=1S/C20H29ClN6O/c1-14-13-15(2)27(26-14)12-6-10-23-20(22-4)24-11-9-19(28)25-18-8-5-7-17(21)16(18)3/h5,7-8,13H,6,9-12H2,1-4H3,(H,25,28)(H2,22,23,24). The molecule has 0 saturated carbocycles. The Morgan fingerprint density at radius 1 is 1.21 bits per heavy atom. The molecule has 0 aliphatic carbocycles. The van der Waals surface area contributed by atoms with E-state index in [1.54, 1.807) is 13.1 Å². The van der Waals surface area contributed by atoms with Crippen molar-refractivity contribution < 1.29 is 4.79 Å². The first-order chi connectivity index (χ1) is 13.4. The average Bonchev–Trinajstić information content (AvgIpc) is 2.98. The first-order valence-corrected chi connectivity index (χ1v) is 9.79. The minimum Gasteiger partial charge on any atom is -0.356 e. The van der Waals surface area contributed by atoms with Crippen molar-refractivity contribution in [2.24, 2.45) is 4.99 Å². The molecule has 1 aromatic heterocycles. The number of aliphatic imine (C=N–C) groups is 1. The zero-order chi connectivity index (χ0) is 20.5. The monoisotopic (exact) mass is 404 g/mol. The van der Waals surface area contributed by atoms with Crippen molar-refractivity contribution in [2.45, 2.75) is 40.2 Å². The number of carbonyl (C=O) groups is 1. The Balaban J connectivity index is 1.67. The zero-order valence-electron chi connectivity index (χ0n) is 17.0. The fraction of sp³-hybridized carbons (Fsp3) is 0.450. The Kier molecular flexibility index (Phi) is 8.32. The van der Waals surface area contributed by atoms with Gasteiger partial charge in [0, 0.05) is 49.5 Å². The fourth-order valence-corrected chi connectivity index (χ4v) is 2.98. The van der Waals surface area contributed by atoms with E-state index in [4.69, 9.17) is 11.6 Å². The minimum absolute atomic E-state index is 0.0714. The van der Waals surface area contributed by atoms with Crippen LogP contribution in [0.4, 0.5) is 5.69 Å². The first kappa shape index (κ1) is 21.8. The first-order valence-electron chi connectivity index (χ1n) is 9.41. The molecule has 0 aliphatic heterocycles. The van der Waals surface area contributed by atoms with Crippen LogP contribution in [-0.2, 0) is 11.3 Å². The number of guanidine groups is 1. The largest absolute Gasteiger partial charge is 0.356 e. The Morgan fingerprint density at radius 2 is 1.96 bits per heavy atom. The van der Waals surface area contributed by atoms with E-state index < -0.39 is 0 Å². The predicted octanol–water partition coefficient (Wildman–Crippen LogP) is 3.05. The van der Waals surface area contributed by atoms with Gasteiger partial charge >= 0.3 is 0 Å². The third-order valence-corrected chi connectivity index (χ3v) is 4.76. The number of nitrogens with one attached hydrogen (secondary N) is 3. The molecule has 8 heteroatoms. The summed E-state index contributed by atoms with van der Waals surface area (Å²) in [4.78, 5) is 16.3. The molecule has 0 bridgehead atoms. The Labute approximate surface area is 171 Å². The number of benzene rings is 1. The number of amides is 1. The molecule has 0 unspecified atom stereocenters. The molecule has 0 radical (unpaired) electrons. The maximum atomic E-state index is 12.1. The van der Waals surface area contributed by atoms with E-state index in [9.17, 15) is 4.79 Å². The summed E-state index contributed by atoms with van der Waals surface area (Å²) >= 11 is 6.08. The summed E-state index contributed by atoms with van der Waals surface area (Å²) in [6.45, 7) is 8.05. The molecular formula is C20H29ClN6O. The molecule has 0 atom stereocenters. The number of halogens is 1. The molecule has 28 heavy (non-hydrogen) atoms. The number of hydrogen-bond donors (Lipinski definition) is 3. The molecule has 1 heterocycles. The van der Waals surface area contributed by atoms with Gasteiger partial charge in [-0.2, -0.15) is 5.10 Å². The van der Waals surface area contributed by atoms with Gasteiger partial charge in [0.15, 0.2) is 5.96 Å². The van der Waals surface area contributed by atoms with E-state index in [-0.39, 0.29) is 5.91 Å². The Bertz CT molecular complexity index is 830. The summed E-state index contributed by atoms with van der Waals surface area (Å²) in [5.41, 5.74) is 3.81. The fourth-order valence-electron chi connectivity index (χ4n) is 2.81.